The summed E-state index contributed by atoms with van der Waals surface area (Å²) in [6, 6.07) is 6.06. The molecule has 1 aromatic carbocycles. The molecule has 1 amide bonds. The van der Waals surface area contributed by atoms with Gasteiger partial charge in [0.2, 0.25) is 0 Å². The van der Waals surface area contributed by atoms with E-state index in [9.17, 15) is 4.79 Å². The molecular formula is C17H26N2O. The predicted molar refractivity (Wildman–Crippen MR) is 84.3 cm³/mol. The molecule has 1 heterocycles. The summed E-state index contributed by atoms with van der Waals surface area (Å²) < 4.78 is 0. The summed E-state index contributed by atoms with van der Waals surface area (Å²) in [5, 5.41) is 3.34. The lowest BCUT2D eigenvalue weighted by Crippen LogP contribution is -2.35. The van der Waals surface area contributed by atoms with Gasteiger partial charge in [-0.2, -0.15) is 0 Å². The number of nitrogens with zero attached hydrogens (tertiary/aromatic N) is 1. The van der Waals surface area contributed by atoms with E-state index in [1.54, 1.807) is 0 Å². The van der Waals surface area contributed by atoms with Gasteiger partial charge in [-0.15, -0.1) is 0 Å². The third kappa shape index (κ3) is 3.14. The van der Waals surface area contributed by atoms with Gasteiger partial charge in [0.05, 0.1) is 0 Å². The number of carbonyl (C=O) groups excluding carboxylic acids is 1. The number of rotatable bonds is 6. The summed E-state index contributed by atoms with van der Waals surface area (Å²) in [6.45, 7) is 9.11. The quantitative estimate of drug-likeness (QED) is 0.860. The molecule has 0 atom stereocenters. The Morgan fingerprint density at radius 1 is 1.30 bits per heavy atom. The zero-order valence-corrected chi connectivity index (χ0v) is 12.9. The van der Waals surface area contributed by atoms with Gasteiger partial charge in [0.25, 0.3) is 5.91 Å². The first kappa shape index (κ1) is 14.9. The molecule has 0 bridgehead atoms. The maximum Gasteiger partial charge on any atom is 0.253 e. The van der Waals surface area contributed by atoms with Crippen LogP contribution in [0.15, 0.2) is 18.2 Å². The zero-order chi connectivity index (χ0) is 14.5. The van der Waals surface area contributed by atoms with Gasteiger partial charge in [-0.25, -0.2) is 0 Å². The first-order valence-electron chi connectivity index (χ1n) is 7.85. The van der Waals surface area contributed by atoms with E-state index in [1.165, 1.54) is 11.3 Å². The smallest absolute Gasteiger partial charge is 0.253 e. The fourth-order valence-electron chi connectivity index (χ4n) is 2.83. The van der Waals surface area contributed by atoms with Crippen molar-refractivity contribution in [3.8, 4) is 0 Å². The summed E-state index contributed by atoms with van der Waals surface area (Å²) in [5.41, 5.74) is 3.29. The van der Waals surface area contributed by atoms with Crippen molar-refractivity contribution in [3.63, 3.8) is 0 Å². The number of anilines is 1. The highest BCUT2D eigenvalue weighted by molar-refractivity contribution is 5.95. The van der Waals surface area contributed by atoms with Crippen LogP contribution in [0.2, 0.25) is 0 Å². The number of amides is 1. The summed E-state index contributed by atoms with van der Waals surface area (Å²) in [7, 11) is 0. The van der Waals surface area contributed by atoms with Gasteiger partial charge < -0.3 is 10.2 Å². The number of fused-ring (bicyclic) bond motifs is 1. The molecule has 110 valence electrons. The van der Waals surface area contributed by atoms with Gasteiger partial charge in [0.15, 0.2) is 0 Å². The molecule has 1 aliphatic heterocycles. The second-order valence-corrected chi connectivity index (χ2v) is 5.58. The van der Waals surface area contributed by atoms with E-state index in [0.717, 1.165) is 44.5 Å². The highest BCUT2D eigenvalue weighted by Gasteiger charge is 2.19. The Labute approximate surface area is 122 Å². The topological polar surface area (TPSA) is 32.3 Å². The van der Waals surface area contributed by atoms with Crippen LogP contribution < -0.4 is 5.32 Å². The maximum atomic E-state index is 12.6. The first-order valence-corrected chi connectivity index (χ1v) is 7.85. The minimum Gasteiger partial charge on any atom is -0.384 e. The zero-order valence-electron chi connectivity index (χ0n) is 12.9. The molecule has 1 aliphatic rings. The molecule has 0 spiro atoms. The van der Waals surface area contributed by atoms with Gasteiger partial charge in [-0.05, 0) is 43.0 Å². The van der Waals surface area contributed by atoms with Crippen molar-refractivity contribution in [1.29, 1.82) is 0 Å². The molecule has 0 saturated carbocycles. The fourth-order valence-corrected chi connectivity index (χ4v) is 2.83. The lowest BCUT2D eigenvalue weighted by molar-refractivity contribution is 0.0735. The van der Waals surface area contributed by atoms with Crippen LogP contribution in [0.5, 0.6) is 0 Å². The monoisotopic (exact) mass is 274 g/mol. The standard InChI is InChI=1S/C17H26N2O/c1-4-13(5-2)12-19(6-3)17(20)15-7-8-16-14(11-15)9-10-18-16/h7-8,11,13,18H,4-6,9-10,12H2,1-3H3. The second kappa shape index (κ2) is 6.78. The summed E-state index contributed by atoms with van der Waals surface area (Å²) >= 11 is 0. The Hall–Kier alpha value is -1.51. The van der Waals surface area contributed by atoms with Crippen molar-refractivity contribution in [1.82, 2.24) is 4.90 Å². The number of carbonyl (C=O) groups is 1. The van der Waals surface area contributed by atoms with Crippen LogP contribution in [-0.4, -0.2) is 30.4 Å². The van der Waals surface area contributed by atoms with Crippen LogP contribution in [0.25, 0.3) is 0 Å². The minimum atomic E-state index is 0.175. The molecule has 3 heteroatoms. The van der Waals surface area contributed by atoms with E-state index >= 15 is 0 Å². The number of hydrogen-bond donors (Lipinski definition) is 1. The fraction of sp³-hybridized carbons (Fsp3) is 0.588. The van der Waals surface area contributed by atoms with Crippen molar-refractivity contribution in [3.05, 3.63) is 29.3 Å². The van der Waals surface area contributed by atoms with Gasteiger partial charge in [-0.1, -0.05) is 26.7 Å². The Kier molecular flexibility index (Phi) is 5.05. The van der Waals surface area contributed by atoms with E-state index in [4.69, 9.17) is 0 Å². The first-order chi connectivity index (χ1) is 9.69. The van der Waals surface area contributed by atoms with Gasteiger partial charge in [0.1, 0.15) is 0 Å². The number of benzene rings is 1. The molecule has 0 saturated heterocycles. The molecule has 20 heavy (non-hydrogen) atoms. The highest BCUT2D eigenvalue weighted by atomic mass is 16.2. The molecular weight excluding hydrogens is 248 g/mol. The molecule has 0 radical (unpaired) electrons. The van der Waals surface area contributed by atoms with Gasteiger partial charge >= 0.3 is 0 Å². The van der Waals surface area contributed by atoms with Crippen LogP contribution in [0.3, 0.4) is 0 Å². The average molecular weight is 274 g/mol. The average Bonchev–Trinajstić information content (AvgIpc) is 2.95. The largest absolute Gasteiger partial charge is 0.384 e. The van der Waals surface area contributed by atoms with E-state index in [2.05, 4.69) is 32.2 Å². The van der Waals surface area contributed by atoms with Crippen LogP contribution >= 0.6 is 0 Å². The normalized spacial score (nSPS) is 13.2. The summed E-state index contributed by atoms with van der Waals surface area (Å²) in [5.74, 6) is 0.782. The predicted octanol–water partition coefficient (Wildman–Crippen LogP) is 3.55. The third-order valence-electron chi connectivity index (χ3n) is 4.36. The van der Waals surface area contributed by atoms with Crippen molar-refractivity contribution in [2.45, 2.75) is 40.0 Å². The molecule has 0 aromatic heterocycles. The molecule has 1 N–H and O–H groups in total. The number of hydrogen-bond acceptors (Lipinski definition) is 2. The summed E-state index contributed by atoms with van der Waals surface area (Å²) in [6.07, 6.45) is 3.29. The number of nitrogens with one attached hydrogen (secondary N) is 1. The van der Waals surface area contributed by atoms with Crippen LogP contribution in [0.1, 0.15) is 49.5 Å². The molecule has 0 fully saturated rings. The second-order valence-electron chi connectivity index (χ2n) is 5.58. The van der Waals surface area contributed by atoms with Crippen molar-refractivity contribution in [2.75, 3.05) is 25.0 Å². The lowest BCUT2D eigenvalue weighted by atomic mass is 10.0. The maximum absolute atomic E-state index is 12.6. The van der Waals surface area contributed by atoms with E-state index < -0.39 is 0 Å². The Morgan fingerprint density at radius 3 is 2.70 bits per heavy atom. The third-order valence-corrected chi connectivity index (χ3v) is 4.36. The van der Waals surface area contributed by atoms with E-state index in [-0.39, 0.29) is 5.91 Å². The molecule has 2 rings (SSSR count). The van der Waals surface area contributed by atoms with Gasteiger partial charge in [-0.3, -0.25) is 4.79 Å². The molecule has 0 aliphatic carbocycles. The van der Waals surface area contributed by atoms with Crippen molar-refractivity contribution < 1.29 is 4.79 Å². The molecule has 0 unspecified atom stereocenters. The van der Waals surface area contributed by atoms with Crippen LogP contribution in [0.4, 0.5) is 5.69 Å². The van der Waals surface area contributed by atoms with Crippen LogP contribution in [-0.2, 0) is 6.42 Å². The van der Waals surface area contributed by atoms with Gasteiger partial charge in [0, 0.05) is 30.9 Å². The van der Waals surface area contributed by atoms with E-state index in [1.807, 2.05) is 17.0 Å². The Morgan fingerprint density at radius 2 is 2.05 bits per heavy atom. The Balaban J connectivity index is 2.12. The molecule has 3 nitrogen and oxygen atoms in total. The Bertz CT molecular complexity index is 466. The summed E-state index contributed by atoms with van der Waals surface area (Å²) in [4.78, 5) is 14.6. The lowest BCUT2D eigenvalue weighted by Gasteiger charge is -2.25. The van der Waals surface area contributed by atoms with Crippen LogP contribution in [0, 0.1) is 5.92 Å². The van der Waals surface area contributed by atoms with E-state index in [0.29, 0.717) is 5.92 Å². The SMILES string of the molecule is CCC(CC)CN(CC)C(=O)c1ccc2c(c1)CCN2. The highest BCUT2D eigenvalue weighted by Crippen LogP contribution is 2.24. The minimum absolute atomic E-state index is 0.175. The molecule has 1 aromatic rings. The van der Waals surface area contributed by atoms with Crippen molar-refractivity contribution >= 4 is 11.6 Å². The van der Waals surface area contributed by atoms with Crippen molar-refractivity contribution in [2.24, 2.45) is 5.92 Å².